The highest BCUT2D eigenvalue weighted by atomic mass is 35.5. The van der Waals surface area contributed by atoms with Gasteiger partial charge in [-0.05, 0) is 25.0 Å². The summed E-state index contributed by atoms with van der Waals surface area (Å²) in [6.45, 7) is 0.934. The lowest BCUT2D eigenvalue weighted by Crippen LogP contribution is -2.06. The zero-order valence-corrected chi connectivity index (χ0v) is 10.8. The number of aliphatic hydroxyl groups is 1. The molecule has 0 aromatic carbocycles. The Bertz CT molecular complexity index is 399. The predicted octanol–water partition coefficient (Wildman–Crippen LogP) is 2.40. The quantitative estimate of drug-likeness (QED) is 0.500. The van der Waals surface area contributed by atoms with Gasteiger partial charge in [-0.3, -0.25) is 0 Å². The largest absolute Gasteiger partial charge is 0.478 e. The first kappa shape index (κ1) is 14.7. The summed E-state index contributed by atoms with van der Waals surface area (Å²) >= 11 is 5.73. The standard InChI is InChI=1S/C12H17ClN2O3/c13-10-7-9(12(17)18)8-11(15-10)14-5-3-1-2-4-6-16/h7-8,16H,1-6H2,(H,14,15)(H,17,18). The summed E-state index contributed by atoms with van der Waals surface area (Å²) in [5.74, 6) is -0.549. The minimum Gasteiger partial charge on any atom is -0.478 e. The van der Waals surface area contributed by atoms with Crippen molar-refractivity contribution >= 4 is 23.4 Å². The van der Waals surface area contributed by atoms with Gasteiger partial charge < -0.3 is 15.5 Å². The SMILES string of the molecule is O=C(O)c1cc(Cl)nc(NCCCCCCO)c1. The third-order valence-corrected chi connectivity index (χ3v) is 2.63. The molecule has 100 valence electrons. The molecule has 1 aromatic heterocycles. The number of carbonyl (C=O) groups is 1. The normalized spacial score (nSPS) is 10.3. The molecule has 0 bridgehead atoms. The maximum absolute atomic E-state index is 10.8. The number of carboxylic acid groups (broad SMARTS) is 1. The van der Waals surface area contributed by atoms with Gasteiger partial charge in [0.25, 0.3) is 0 Å². The van der Waals surface area contributed by atoms with Crippen molar-refractivity contribution in [2.45, 2.75) is 25.7 Å². The van der Waals surface area contributed by atoms with E-state index in [9.17, 15) is 4.79 Å². The molecule has 0 saturated heterocycles. The molecule has 0 spiro atoms. The highest BCUT2D eigenvalue weighted by molar-refractivity contribution is 6.29. The maximum atomic E-state index is 10.8. The summed E-state index contributed by atoms with van der Waals surface area (Å²) in [5.41, 5.74) is 0.123. The maximum Gasteiger partial charge on any atom is 0.335 e. The Kier molecular flexibility index (Phi) is 6.46. The Morgan fingerprint density at radius 2 is 2.00 bits per heavy atom. The van der Waals surface area contributed by atoms with Crippen molar-refractivity contribution in [3.63, 3.8) is 0 Å². The van der Waals surface area contributed by atoms with Crippen LogP contribution in [-0.4, -0.2) is 34.3 Å². The van der Waals surface area contributed by atoms with Crippen molar-refractivity contribution in [1.29, 1.82) is 0 Å². The number of nitrogens with one attached hydrogen (secondary N) is 1. The molecule has 5 nitrogen and oxygen atoms in total. The second-order valence-electron chi connectivity index (χ2n) is 3.93. The summed E-state index contributed by atoms with van der Waals surface area (Å²) in [6, 6.07) is 2.78. The molecular weight excluding hydrogens is 256 g/mol. The fourth-order valence-electron chi connectivity index (χ4n) is 1.52. The zero-order chi connectivity index (χ0) is 13.4. The van der Waals surface area contributed by atoms with E-state index in [1.54, 1.807) is 0 Å². The Hall–Kier alpha value is -1.33. The topological polar surface area (TPSA) is 82.5 Å². The lowest BCUT2D eigenvalue weighted by atomic mass is 10.2. The highest BCUT2D eigenvalue weighted by Crippen LogP contribution is 2.14. The number of nitrogens with zero attached hydrogens (tertiary/aromatic N) is 1. The second-order valence-corrected chi connectivity index (χ2v) is 4.32. The molecule has 0 aliphatic rings. The molecule has 0 saturated carbocycles. The first-order valence-electron chi connectivity index (χ1n) is 5.89. The minimum atomic E-state index is -1.02. The smallest absolute Gasteiger partial charge is 0.335 e. The molecule has 0 aliphatic carbocycles. The summed E-state index contributed by atoms with van der Waals surface area (Å²) < 4.78 is 0. The molecule has 0 radical (unpaired) electrons. The van der Waals surface area contributed by atoms with Gasteiger partial charge in [-0.2, -0.15) is 0 Å². The molecule has 3 N–H and O–H groups in total. The average molecular weight is 273 g/mol. The van der Waals surface area contributed by atoms with Crippen LogP contribution in [0.25, 0.3) is 0 Å². The van der Waals surface area contributed by atoms with Gasteiger partial charge in [0.15, 0.2) is 0 Å². The number of pyridine rings is 1. The summed E-state index contributed by atoms with van der Waals surface area (Å²) in [4.78, 5) is 14.8. The van der Waals surface area contributed by atoms with Crippen LogP contribution in [0.1, 0.15) is 36.0 Å². The summed E-state index contributed by atoms with van der Waals surface area (Å²) in [5, 5.41) is 20.7. The number of aromatic nitrogens is 1. The van der Waals surface area contributed by atoms with Crippen molar-refractivity contribution < 1.29 is 15.0 Å². The van der Waals surface area contributed by atoms with Gasteiger partial charge >= 0.3 is 5.97 Å². The van der Waals surface area contributed by atoms with Crippen molar-refractivity contribution in [3.05, 3.63) is 22.8 Å². The lowest BCUT2D eigenvalue weighted by Gasteiger charge is -2.06. The molecule has 0 atom stereocenters. The zero-order valence-electron chi connectivity index (χ0n) is 10.0. The molecule has 0 unspecified atom stereocenters. The Balaban J connectivity index is 2.40. The van der Waals surface area contributed by atoms with E-state index in [-0.39, 0.29) is 17.3 Å². The molecule has 0 fully saturated rings. The number of unbranched alkanes of at least 4 members (excludes halogenated alkanes) is 3. The van der Waals surface area contributed by atoms with E-state index in [1.807, 2.05) is 0 Å². The van der Waals surface area contributed by atoms with Crippen LogP contribution >= 0.6 is 11.6 Å². The van der Waals surface area contributed by atoms with Gasteiger partial charge in [0, 0.05) is 13.2 Å². The third-order valence-electron chi connectivity index (χ3n) is 2.43. The number of aliphatic hydroxyl groups excluding tert-OH is 1. The van der Waals surface area contributed by atoms with E-state index < -0.39 is 5.97 Å². The molecule has 1 aromatic rings. The molecule has 6 heteroatoms. The van der Waals surface area contributed by atoms with Crippen LogP contribution in [0.15, 0.2) is 12.1 Å². The molecule has 0 amide bonds. The molecule has 1 rings (SSSR count). The van der Waals surface area contributed by atoms with E-state index in [0.29, 0.717) is 12.4 Å². The summed E-state index contributed by atoms with van der Waals surface area (Å²) in [7, 11) is 0. The van der Waals surface area contributed by atoms with Gasteiger partial charge in [0.05, 0.1) is 5.56 Å². The first-order chi connectivity index (χ1) is 8.63. The van der Waals surface area contributed by atoms with E-state index >= 15 is 0 Å². The number of aromatic carboxylic acids is 1. The number of hydrogen-bond acceptors (Lipinski definition) is 4. The van der Waals surface area contributed by atoms with Crippen molar-refractivity contribution in [1.82, 2.24) is 4.98 Å². The highest BCUT2D eigenvalue weighted by Gasteiger charge is 2.06. The van der Waals surface area contributed by atoms with Gasteiger partial charge in [-0.1, -0.05) is 24.4 Å². The van der Waals surface area contributed by atoms with Crippen molar-refractivity contribution in [3.8, 4) is 0 Å². The van der Waals surface area contributed by atoms with Gasteiger partial charge in [-0.15, -0.1) is 0 Å². The minimum absolute atomic E-state index is 0.123. The van der Waals surface area contributed by atoms with E-state index in [1.165, 1.54) is 12.1 Å². The van der Waals surface area contributed by atoms with E-state index in [4.69, 9.17) is 21.8 Å². The molecular formula is C12H17ClN2O3. The van der Waals surface area contributed by atoms with Gasteiger partial charge in [-0.25, -0.2) is 9.78 Å². The first-order valence-corrected chi connectivity index (χ1v) is 6.27. The number of hydrogen-bond donors (Lipinski definition) is 3. The fraction of sp³-hybridized carbons (Fsp3) is 0.500. The predicted molar refractivity (Wildman–Crippen MR) is 70.2 cm³/mol. The number of anilines is 1. The van der Waals surface area contributed by atoms with E-state index in [2.05, 4.69) is 10.3 Å². The van der Waals surface area contributed by atoms with Crippen molar-refractivity contribution in [2.75, 3.05) is 18.5 Å². The Labute approximate surface area is 111 Å². The fourth-order valence-corrected chi connectivity index (χ4v) is 1.73. The lowest BCUT2D eigenvalue weighted by molar-refractivity contribution is 0.0697. The number of rotatable bonds is 8. The van der Waals surface area contributed by atoms with E-state index in [0.717, 1.165) is 25.7 Å². The Morgan fingerprint density at radius 1 is 1.28 bits per heavy atom. The van der Waals surface area contributed by atoms with Crippen LogP contribution in [-0.2, 0) is 0 Å². The van der Waals surface area contributed by atoms with Crippen molar-refractivity contribution in [2.24, 2.45) is 0 Å². The Morgan fingerprint density at radius 3 is 2.67 bits per heavy atom. The third kappa shape index (κ3) is 5.33. The van der Waals surface area contributed by atoms with Gasteiger partial charge in [0.1, 0.15) is 11.0 Å². The van der Waals surface area contributed by atoms with Crippen LogP contribution in [0.2, 0.25) is 5.15 Å². The molecule has 1 heterocycles. The second kappa shape index (κ2) is 7.89. The monoisotopic (exact) mass is 272 g/mol. The van der Waals surface area contributed by atoms with Crippen LogP contribution in [0.3, 0.4) is 0 Å². The molecule has 18 heavy (non-hydrogen) atoms. The average Bonchev–Trinajstić information content (AvgIpc) is 2.33. The number of carboxylic acids is 1. The van der Waals surface area contributed by atoms with Gasteiger partial charge in [0.2, 0.25) is 0 Å². The van der Waals surface area contributed by atoms with Crippen LogP contribution in [0, 0.1) is 0 Å². The van der Waals surface area contributed by atoms with Crippen LogP contribution in [0.4, 0.5) is 5.82 Å². The number of halogens is 1. The summed E-state index contributed by atoms with van der Waals surface area (Å²) in [6.07, 6.45) is 3.76. The van der Waals surface area contributed by atoms with Crippen LogP contribution in [0.5, 0.6) is 0 Å². The van der Waals surface area contributed by atoms with Crippen LogP contribution < -0.4 is 5.32 Å². The molecule has 0 aliphatic heterocycles.